The van der Waals surface area contributed by atoms with E-state index in [1.54, 1.807) is 3.71 Å². The van der Waals surface area contributed by atoms with Gasteiger partial charge < -0.3 is 0 Å². The predicted octanol–water partition coefficient (Wildman–Crippen LogP) is 7.82. The Morgan fingerprint density at radius 1 is 0.711 bits per heavy atom. The molecule has 2 aromatic heterocycles. The Bertz CT molecular complexity index is 1720. The van der Waals surface area contributed by atoms with Gasteiger partial charge in [0.2, 0.25) is 0 Å². The molecule has 0 bridgehead atoms. The van der Waals surface area contributed by atoms with Crippen LogP contribution in [0.2, 0.25) is 5.76 Å². The fourth-order valence-electron chi connectivity index (χ4n) is 5.87. The number of hydrogen-bond acceptors (Lipinski definition) is 2. The molecule has 0 aliphatic rings. The number of fused-ring (bicyclic) bond motifs is 2. The van der Waals surface area contributed by atoms with Gasteiger partial charge >= 0.3 is 234 Å². The van der Waals surface area contributed by atoms with E-state index in [1.165, 1.54) is 46.3 Å². The zero-order chi connectivity index (χ0) is 26.5. The Balaban J connectivity index is 1.63. The molecule has 0 radical (unpaired) electrons. The third-order valence-corrected chi connectivity index (χ3v) is 20.8. The summed E-state index contributed by atoms with van der Waals surface area (Å²) >= 11 is -0.925. The summed E-state index contributed by atoms with van der Waals surface area (Å²) in [6.07, 6.45) is 2.00. The van der Waals surface area contributed by atoms with E-state index in [9.17, 15) is 0 Å². The van der Waals surface area contributed by atoms with Gasteiger partial charge in [-0.25, -0.2) is 0 Å². The Morgan fingerprint density at radius 3 is 1.95 bits per heavy atom. The standard InChI is InChI=1S/C35H33GeNS/c1-24-29-20-21-37-32(26-22-25-14-12-13-19-30(25)31(23-26)35(2,3)4)33(29)38-34(24)36(5,27-15-8-6-9-16-27)28-17-10-7-11-18-28/h6-23H,1-5H3. The molecule has 0 aliphatic heterocycles. The van der Waals surface area contributed by atoms with Crippen LogP contribution in [0.5, 0.6) is 0 Å². The van der Waals surface area contributed by atoms with Crippen LogP contribution in [-0.2, 0) is 5.41 Å². The van der Waals surface area contributed by atoms with Crippen LogP contribution in [0.1, 0.15) is 31.9 Å². The van der Waals surface area contributed by atoms with Crippen molar-refractivity contribution in [3.8, 4) is 11.3 Å². The van der Waals surface area contributed by atoms with Gasteiger partial charge in [-0.05, 0) is 0 Å². The van der Waals surface area contributed by atoms with Gasteiger partial charge in [0.1, 0.15) is 0 Å². The third-order valence-electron chi connectivity index (χ3n) is 7.95. The third kappa shape index (κ3) is 4.11. The van der Waals surface area contributed by atoms with E-state index >= 15 is 0 Å². The molecule has 6 rings (SSSR count). The summed E-state index contributed by atoms with van der Waals surface area (Å²) in [5.41, 5.74) is 5.13. The first-order valence-electron chi connectivity index (χ1n) is 13.3. The van der Waals surface area contributed by atoms with Crippen LogP contribution in [0, 0.1) is 6.92 Å². The van der Waals surface area contributed by atoms with Crippen LogP contribution in [-0.4, -0.2) is 18.3 Å². The maximum atomic E-state index is 5.02. The van der Waals surface area contributed by atoms with Gasteiger partial charge in [0.25, 0.3) is 0 Å². The number of benzene rings is 4. The first-order valence-corrected chi connectivity index (χ1v) is 19.4. The summed E-state index contributed by atoms with van der Waals surface area (Å²) in [6.45, 7) is 9.24. The van der Waals surface area contributed by atoms with Crippen molar-refractivity contribution < 1.29 is 0 Å². The van der Waals surface area contributed by atoms with Crippen LogP contribution < -0.4 is 12.5 Å². The van der Waals surface area contributed by atoms with Crippen molar-refractivity contribution in [2.24, 2.45) is 0 Å². The molecule has 0 unspecified atom stereocenters. The molecular weight excluding hydrogens is 539 g/mol. The first-order chi connectivity index (χ1) is 18.3. The zero-order valence-corrected chi connectivity index (χ0v) is 25.7. The van der Waals surface area contributed by atoms with E-state index < -0.39 is 13.3 Å². The number of rotatable bonds is 4. The fourth-order valence-corrected chi connectivity index (χ4v) is 17.6. The average Bonchev–Trinajstić information content (AvgIpc) is 3.29. The molecule has 38 heavy (non-hydrogen) atoms. The van der Waals surface area contributed by atoms with Crippen LogP contribution in [0.3, 0.4) is 0 Å². The SMILES string of the molecule is Cc1[c]([Ge]([CH3])([c]2ccccc2)[c]2ccccc2)sc2c(-c3cc(C(C)(C)C)c4ccccc4c3)nccc12. The van der Waals surface area contributed by atoms with Gasteiger partial charge in [-0.1, -0.05) is 0 Å². The average molecular weight is 572 g/mol. The van der Waals surface area contributed by atoms with Gasteiger partial charge in [0.15, 0.2) is 0 Å². The summed E-state index contributed by atoms with van der Waals surface area (Å²) < 4.78 is 5.84. The van der Waals surface area contributed by atoms with Gasteiger partial charge in [-0.3, -0.25) is 0 Å². The van der Waals surface area contributed by atoms with Crippen molar-refractivity contribution in [2.75, 3.05) is 0 Å². The van der Waals surface area contributed by atoms with E-state index in [2.05, 4.69) is 137 Å². The van der Waals surface area contributed by atoms with Crippen molar-refractivity contribution in [2.45, 2.75) is 38.9 Å². The number of aryl methyl sites for hydroxylation is 1. The minimum atomic E-state index is -2.91. The van der Waals surface area contributed by atoms with Gasteiger partial charge in [-0.2, -0.15) is 0 Å². The summed E-state index contributed by atoms with van der Waals surface area (Å²) in [5, 5.41) is 3.94. The Hall–Kier alpha value is -3.21. The van der Waals surface area contributed by atoms with Crippen molar-refractivity contribution in [3.63, 3.8) is 0 Å². The maximum absolute atomic E-state index is 5.02. The van der Waals surface area contributed by atoms with Crippen LogP contribution >= 0.6 is 11.3 Å². The molecule has 0 amide bonds. The quantitative estimate of drug-likeness (QED) is 0.196. The molecule has 3 heteroatoms. The molecule has 0 saturated carbocycles. The topological polar surface area (TPSA) is 12.9 Å². The second-order valence-electron chi connectivity index (χ2n) is 11.4. The Morgan fingerprint density at radius 2 is 1.32 bits per heavy atom. The Labute approximate surface area is 232 Å². The normalized spacial score (nSPS) is 12.3. The number of nitrogens with zero attached hydrogens (tertiary/aromatic N) is 1. The second-order valence-corrected chi connectivity index (χ2v) is 21.4. The number of hydrogen-bond donors (Lipinski definition) is 0. The van der Waals surface area contributed by atoms with Gasteiger partial charge in [0, 0.05) is 0 Å². The van der Waals surface area contributed by atoms with Crippen LogP contribution in [0.15, 0.2) is 109 Å². The Kier molecular flexibility index (Phi) is 6.28. The number of aromatic nitrogens is 1. The van der Waals surface area contributed by atoms with Gasteiger partial charge in [0.05, 0.1) is 0 Å². The number of pyridine rings is 1. The van der Waals surface area contributed by atoms with Crippen molar-refractivity contribution in [3.05, 3.63) is 120 Å². The molecule has 188 valence electrons. The molecular formula is C35H33GeNS. The predicted molar refractivity (Wildman–Crippen MR) is 169 cm³/mol. The summed E-state index contributed by atoms with van der Waals surface area (Å²) in [4.78, 5) is 5.02. The molecule has 0 N–H and O–H groups in total. The molecule has 0 atom stereocenters. The van der Waals surface area contributed by atoms with Gasteiger partial charge in [-0.15, -0.1) is 0 Å². The van der Waals surface area contributed by atoms with Crippen molar-refractivity contribution >= 4 is 58.0 Å². The summed E-state index contributed by atoms with van der Waals surface area (Å²) in [6, 6.07) is 38.1. The second kappa shape index (κ2) is 9.52. The van der Waals surface area contributed by atoms with Crippen LogP contribution in [0.25, 0.3) is 32.1 Å². The monoisotopic (exact) mass is 573 g/mol. The summed E-state index contributed by atoms with van der Waals surface area (Å²) in [7, 11) is 0. The molecule has 2 heterocycles. The molecule has 0 spiro atoms. The first kappa shape index (κ1) is 25.1. The zero-order valence-electron chi connectivity index (χ0n) is 22.7. The fraction of sp³-hybridized carbons (Fsp3) is 0.171. The molecule has 6 aromatic rings. The van der Waals surface area contributed by atoms with Crippen LogP contribution in [0.4, 0.5) is 0 Å². The molecule has 0 aliphatic carbocycles. The van der Waals surface area contributed by atoms with E-state index in [-0.39, 0.29) is 5.41 Å². The van der Waals surface area contributed by atoms with Crippen molar-refractivity contribution in [1.82, 2.24) is 4.98 Å². The van der Waals surface area contributed by atoms with E-state index in [1.807, 2.05) is 17.5 Å². The van der Waals surface area contributed by atoms with E-state index in [0.29, 0.717) is 0 Å². The van der Waals surface area contributed by atoms with Crippen molar-refractivity contribution in [1.29, 1.82) is 0 Å². The molecule has 4 aromatic carbocycles. The molecule has 0 fully saturated rings. The molecule has 1 nitrogen and oxygen atoms in total. The van der Waals surface area contributed by atoms with E-state index in [4.69, 9.17) is 4.98 Å². The number of thiophene rings is 1. The summed E-state index contributed by atoms with van der Waals surface area (Å²) in [5.74, 6) is 2.56. The van der Waals surface area contributed by atoms with E-state index in [0.717, 1.165) is 5.69 Å². The minimum absolute atomic E-state index is 0.0363. The molecule has 0 saturated heterocycles.